The van der Waals surface area contributed by atoms with E-state index < -0.39 is 0 Å². The Labute approximate surface area is 96.8 Å². The Morgan fingerprint density at radius 3 is 2.73 bits per heavy atom. The number of carbonyl (C=O) groups is 1. The van der Waals surface area contributed by atoms with Gasteiger partial charge in [-0.05, 0) is 49.9 Å². The van der Waals surface area contributed by atoms with E-state index in [1.807, 2.05) is 0 Å². The van der Waals surface area contributed by atoms with Gasteiger partial charge in [-0.2, -0.15) is 0 Å². The first-order valence-electron chi connectivity index (χ1n) is 4.98. The molecule has 1 aliphatic rings. The lowest BCUT2D eigenvalue weighted by Crippen LogP contribution is -2.15. The minimum Gasteiger partial charge on any atom is -0.299 e. The predicted molar refractivity (Wildman–Crippen MR) is 60.2 cm³/mol. The SMILES string of the molecule is CC(=O)C1(Cc2cc(F)ccc2Br)CC1. The Morgan fingerprint density at radius 1 is 1.53 bits per heavy atom. The molecule has 0 radical (unpaired) electrons. The molecule has 1 saturated carbocycles. The summed E-state index contributed by atoms with van der Waals surface area (Å²) < 4.78 is 13.9. The van der Waals surface area contributed by atoms with Gasteiger partial charge in [0.05, 0.1) is 0 Å². The summed E-state index contributed by atoms with van der Waals surface area (Å²) in [4.78, 5) is 11.4. The molecule has 1 fully saturated rings. The highest BCUT2D eigenvalue weighted by Gasteiger charge is 2.47. The smallest absolute Gasteiger partial charge is 0.136 e. The Morgan fingerprint density at radius 2 is 2.20 bits per heavy atom. The van der Waals surface area contributed by atoms with E-state index in [1.54, 1.807) is 13.0 Å². The van der Waals surface area contributed by atoms with Gasteiger partial charge in [0, 0.05) is 9.89 Å². The Balaban J connectivity index is 2.24. The van der Waals surface area contributed by atoms with Crippen LogP contribution in [0.25, 0.3) is 0 Å². The zero-order valence-corrected chi connectivity index (χ0v) is 10.1. The monoisotopic (exact) mass is 270 g/mol. The van der Waals surface area contributed by atoms with Crippen LogP contribution in [0.2, 0.25) is 0 Å². The summed E-state index contributed by atoms with van der Waals surface area (Å²) in [6.45, 7) is 1.63. The van der Waals surface area contributed by atoms with Crippen LogP contribution in [0.15, 0.2) is 22.7 Å². The van der Waals surface area contributed by atoms with Crippen LogP contribution in [0.1, 0.15) is 25.3 Å². The van der Waals surface area contributed by atoms with Crippen molar-refractivity contribution in [3.05, 3.63) is 34.1 Å². The molecule has 2 rings (SSSR count). The molecule has 0 amide bonds. The summed E-state index contributed by atoms with van der Waals surface area (Å²) in [5.41, 5.74) is 0.693. The van der Waals surface area contributed by atoms with Gasteiger partial charge < -0.3 is 0 Å². The van der Waals surface area contributed by atoms with Crippen LogP contribution in [0.5, 0.6) is 0 Å². The topological polar surface area (TPSA) is 17.1 Å². The second-order valence-corrected chi connectivity index (χ2v) is 5.10. The molecule has 0 heterocycles. The molecule has 0 N–H and O–H groups in total. The third-order valence-corrected chi connectivity index (χ3v) is 3.91. The van der Waals surface area contributed by atoms with Gasteiger partial charge in [0.25, 0.3) is 0 Å². The normalized spacial score (nSPS) is 17.5. The maximum Gasteiger partial charge on any atom is 0.136 e. The van der Waals surface area contributed by atoms with Gasteiger partial charge in [-0.3, -0.25) is 4.79 Å². The fourth-order valence-electron chi connectivity index (χ4n) is 1.85. The highest BCUT2D eigenvalue weighted by atomic mass is 79.9. The molecule has 1 nitrogen and oxygen atoms in total. The Hall–Kier alpha value is -0.700. The van der Waals surface area contributed by atoms with Crippen molar-refractivity contribution in [1.82, 2.24) is 0 Å². The van der Waals surface area contributed by atoms with E-state index >= 15 is 0 Å². The largest absolute Gasteiger partial charge is 0.299 e. The molecular formula is C12H12BrFO. The quantitative estimate of drug-likeness (QED) is 0.822. The fraction of sp³-hybridized carbons (Fsp3) is 0.417. The van der Waals surface area contributed by atoms with Gasteiger partial charge in [-0.25, -0.2) is 4.39 Å². The molecule has 0 spiro atoms. The van der Waals surface area contributed by atoms with E-state index in [0.29, 0.717) is 6.42 Å². The lowest BCUT2D eigenvalue weighted by Gasteiger charge is -2.12. The molecule has 0 aliphatic heterocycles. The van der Waals surface area contributed by atoms with Crippen LogP contribution in [0.4, 0.5) is 4.39 Å². The molecule has 1 aliphatic carbocycles. The maximum absolute atomic E-state index is 13.0. The van der Waals surface area contributed by atoms with Crippen molar-refractivity contribution in [3.8, 4) is 0 Å². The van der Waals surface area contributed by atoms with Crippen LogP contribution in [0, 0.1) is 11.2 Å². The first-order chi connectivity index (χ1) is 7.03. The molecule has 1 aromatic rings. The van der Waals surface area contributed by atoms with Crippen molar-refractivity contribution in [3.63, 3.8) is 0 Å². The Bertz CT molecular complexity index is 410. The first-order valence-corrected chi connectivity index (χ1v) is 5.78. The summed E-state index contributed by atoms with van der Waals surface area (Å²) >= 11 is 3.38. The predicted octanol–water partition coefficient (Wildman–Crippen LogP) is 3.50. The number of hydrogen-bond donors (Lipinski definition) is 0. The average molecular weight is 271 g/mol. The molecule has 0 saturated heterocycles. The van der Waals surface area contributed by atoms with Crippen LogP contribution < -0.4 is 0 Å². The van der Waals surface area contributed by atoms with Crippen LogP contribution in [0.3, 0.4) is 0 Å². The summed E-state index contributed by atoms with van der Waals surface area (Å²) in [7, 11) is 0. The summed E-state index contributed by atoms with van der Waals surface area (Å²) in [5.74, 6) is -0.0220. The van der Waals surface area contributed by atoms with E-state index in [2.05, 4.69) is 15.9 Å². The van der Waals surface area contributed by atoms with Gasteiger partial charge >= 0.3 is 0 Å². The van der Waals surface area contributed by atoms with E-state index in [4.69, 9.17) is 0 Å². The van der Waals surface area contributed by atoms with Crippen molar-refractivity contribution >= 4 is 21.7 Å². The van der Waals surface area contributed by atoms with Gasteiger partial charge in [0.15, 0.2) is 0 Å². The Kier molecular flexibility index (Phi) is 2.67. The van der Waals surface area contributed by atoms with Gasteiger partial charge in [0.2, 0.25) is 0 Å². The second kappa shape index (κ2) is 3.71. The zero-order chi connectivity index (χ0) is 11.1. The molecule has 0 unspecified atom stereocenters. The zero-order valence-electron chi connectivity index (χ0n) is 8.52. The number of benzene rings is 1. The number of hydrogen-bond acceptors (Lipinski definition) is 1. The number of halogens is 2. The van der Waals surface area contributed by atoms with Crippen molar-refractivity contribution < 1.29 is 9.18 Å². The van der Waals surface area contributed by atoms with Crippen molar-refractivity contribution in [2.24, 2.45) is 5.41 Å². The lowest BCUT2D eigenvalue weighted by atomic mass is 9.93. The third-order valence-electron chi connectivity index (χ3n) is 3.14. The van der Waals surface area contributed by atoms with Crippen LogP contribution in [-0.2, 0) is 11.2 Å². The molecule has 1 aromatic carbocycles. The van der Waals surface area contributed by atoms with E-state index in [-0.39, 0.29) is 17.0 Å². The maximum atomic E-state index is 13.0. The highest BCUT2D eigenvalue weighted by Crippen LogP contribution is 2.49. The second-order valence-electron chi connectivity index (χ2n) is 4.25. The van der Waals surface area contributed by atoms with E-state index in [0.717, 1.165) is 22.9 Å². The average Bonchev–Trinajstić information content (AvgIpc) is 2.92. The third kappa shape index (κ3) is 2.12. The molecule has 0 aromatic heterocycles. The summed E-state index contributed by atoms with van der Waals surface area (Å²) in [5, 5.41) is 0. The van der Waals surface area contributed by atoms with Gasteiger partial charge in [0.1, 0.15) is 11.6 Å². The van der Waals surface area contributed by atoms with Crippen LogP contribution >= 0.6 is 15.9 Å². The van der Waals surface area contributed by atoms with Gasteiger partial charge in [-0.1, -0.05) is 15.9 Å². The molecule has 3 heteroatoms. The number of ketones is 1. The van der Waals surface area contributed by atoms with Crippen molar-refractivity contribution in [2.75, 3.05) is 0 Å². The van der Waals surface area contributed by atoms with Crippen molar-refractivity contribution in [1.29, 1.82) is 0 Å². The highest BCUT2D eigenvalue weighted by molar-refractivity contribution is 9.10. The molecule has 0 bridgehead atoms. The first kappa shape index (κ1) is 10.8. The fourth-order valence-corrected chi connectivity index (χ4v) is 2.23. The number of Topliss-reactive ketones (excluding diaryl/α,β-unsaturated/α-hetero) is 1. The van der Waals surface area contributed by atoms with Gasteiger partial charge in [-0.15, -0.1) is 0 Å². The summed E-state index contributed by atoms with van der Waals surface area (Å²) in [6.07, 6.45) is 2.53. The molecular weight excluding hydrogens is 259 g/mol. The number of carbonyl (C=O) groups excluding carboxylic acids is 1. The minimum atomic E-state index is -0.243. The van der Waals surface area contributed by atoms with Crippen molar-refractivity contribution in [2.45, 2.75) is 26.2 Å². The van der Waals surface area contributed by atoms with Crippen LogP contribution in [-0.4, -0.2) is 5.78 Å². The molecule has 0 atom stereocenters. The molecule has 80 valence electrons. The van der Waals surface area contributed by atoms with E-state index in [9.17, 15) is 9.18 Å². The minimum absolute atomic E-state index is 0.198. The van der Waals surface area contributed by atoms with E-state index in [1.165, 1.54) is 12.1 Å². The lowest BCUT2D eigenvalue weighted by molar-refractivity contribution is -0.121. The number of rotatable bonds is 3. The molecule has 15 heavy (non-hydrogen) atoms. The standard InChI is InChI=1S/C12H12BrFO/c1-8(15)12(4-5-12)7-9-6-10(14)2-3-11(9)13/h2-3,6H,4-5,7H2,1H3. The summed E-state index contributed by atoms with van der Waals surface area (Å²) in [6, 6.07) is 4.62.